The number of hydrogen-bond acceptors (Lipinski definition) is 3. The molecule has 2 rings (SSSR count). The van der Waals surface area contributed by atoms with Gasteiger partial charge < -0.3 is 15.5 Å². The van der Waals surface area contributed by atoms with Crippen molar-refractivity contribution >= 4 is 33.4 Å². The predicted octanol–water partition coefficient (Wildman–Crippen LogP) is 2.92. The molecule has 0 fully saturated rings. The van der Waals surface area contributed by atoms with E-state index in [0.717, 1.165) is 16.6 Å². The van der Waals surface area contributed by atoms with Gasteiger partial charge in [0.1, 0.15) is 0 Å². The van der Waals surface area contributed by atoms with E-state index in [0.29, 0.717) is 24.2 Å². The van der Waals surface area contributed by atoms with Crippen LogP contribution in [0.1, 0.15) is 15.9 Å². The summed E-state index contributed by atoms with van der Waals surface area (Å²) in [6, 6.07) is 14.5. The van der Waals surface area contributed by atoms with Crippen LogP contribution in [0.25, 0.3) is 0 Å². The molecule has 0 unspecified atom stereocenters. The number of nitrogens with zero attached hydrogens (tertiary/aromatic N) is 1. The van der Waals surface area contributed by atoms with Gasteiger partial charge in [0.15, 0.2) is 0 Å². The largest absolute Gasteiger partial charge is 0.355 e. The summed E-state index contributed by atoms with van der Waals surface area (Å²) in [5, 5.41) is 5.73. The average molecular weight is 404 g/mol. The van der Waals surface area contributed by atoms with Crippen LogP contribution in [0.2, 0.25) is 0 Å². The molecule has 0 radical (unpaired) electrons. The van der Waals surface area contributed by atoms with Crippen molar-refractivity contribution in [2.24, 2.45) is 0 Å². The van der Waals surface area contributed by atoms with Crippen LogP contribution in [-0.2, 0) is 11.2 Å². The fraction of sp³-hybridized carbons (Fsp3) is 0.263. The van der Waals surface area contributed by atoms with E-state index in [1.54, 1.807) is 24.3 Å². The second-order valence-corrected chi connectivity index (χ2v) is 6.91. The Morgan fingerprint density at radius 1 is 1.08 bits per heavy atom. The first-order chi connectivity index (χ1) is 11.9. The highest BCUT2D eigenvalue weighted by atomic mass is 79.9. The monoisotopic (exact) mass is 403 g/mol. The molecule has 2 amide bonds. The SMILES string of the molecule is CN(C)CCNC(=O)Cc1ccc(NC(=O)c2cccc(Br)c2)cc1. The molecule has 0 spiro atoms. The van der Waals surface area contributed by atoms with Crippen molar-refractivity contribution in [1.82, 2.24) is 10.2 Å². The maximum atomic E-state index is 12.2. The second-order valence-electron chi connectivity index (χ2n) is 5.99. The zero-order chi connectivity index (χ0) is 18.2. The Hall–Kier alpha value is -2.18. The lowest BCUT2D eigenvalue weighted by atomic mass is 10.1. The lowest BCUT2D eigenvalue weighted by Crippen LogP contribution is -2.32. The summed E-state index contributed by atoms with van der Waals surface area (Å²) in [5.74, 6) is -0.178. The van der Waals surface area contributed by atoms with Crippen LogP contribution >= 0.6 is 15.9 Å². The van der Waals surface area contributed by atoms with Crippen LogP contribution in [0.4, 0.5) is 5.69 Å². The van der Waals surface area contributed by atoms with Gasteiger partial charge in [-0.3, -0.25) is 9.59 Å². The van der Waals surface area contributed by atoms with Crippen molar-refractivity contribution in [3.05, 3.63) is 64.1 Å². The van der Waals surface area contributed by atoms with E-state index in [4.69, 9.17) is 0 Å². The van der Waals surface area contributed by atoms with Crippen molar-refractivity contribution < 1.29 is 9.59 Å². The molecule has 0 bridgehead atoms. The number of halogens is 1. The van der Waals surface area contributed by atoms with Crippen LogP contribution in [0.5, 0.6) is 0 Å². The number of anilines is 1. The van der Waals surface area contributed by atoms with E-state index in [9.17, 15) is 9.59 Å². The Morgan fingerprint density at radius 3 is 2.44 bits per heavy atom. The van der Waals surface area contributed by atoms with Crippen LogP contribution in [0, 0.1) is 0 Å². The minimum absolute atomic E-state index is 0.00669. The molecule has 2 aromatic rings. The maximum absolute atomic E-state index is 12.2. The number of hydrogen-bond donors (Lipinski definition) is 2. The van der Waals surface area contributed by atoms with Gasteiger partial charge >= 0.3 is 0 Å². The van der Waals surface area contributed by atoms with E-state index in [1.807, 2.05) is 43.3 Å². The number of benzene rings is 2. The Balaban J connectivity index is 1.87. The van der Waals surface area contributed by atoms with Gasteiger partial charge in [-0.25, -0.2) is 0 Å². The summed E-state index contributed by atoms with van der Waals surface area (Å²) < 4.78 is 0.857. The molecule has 0 aliphatic carbocycles. The highest BCUT2D eigenvalue weighted by Gasteiger charge is 2.07. The Kier molecular flexibility index (Phi) is 7.16. The number of rotatable bonds is 7. The standard InChI is InChI=1S/C19H22BrN3O2/c1-23(2)11-10-21-18(24)12-14-6-8-17(9-7-14)22-19(25)15-4-3-5-16(20)13-15/h3-9,13H,10-12H2,1-2H3,(H,21,24)(H,22,25). The first-order valence-corrected chi connectivity index (χ1v) is 8.80. The second kappa shape index (κ2) is 9.34. The van der Waals surface area contributed by atoms with Crippen molar-refractivity contribution in [3.63, 3.8) is 0 Å². The number of likely N-dealkylation sites (N-methyl/N-ethyl adjacent to an activating group) is 1. The molecule has 0 aliphatic rings. The molecule has 0 atom stereocenters. The molecule has 25 heavy (non-hydrogen) atoms. The molecule has 0 saturated heterocycles. The van der Waals surface area contributed by atoms with E-state index in [2.05, 4.69) is 26.6 Å². The van der Waals surface area contributed by atoms with Crippen LogP contribution in [-0.4, -0.2) is 43.9 Å². The third-order valence-electron chi connectivity index (χ3n) is 3.54. The molecule has 0 saturated carbocycles. The van der Waals surface area contributed by atoms with Crippen molar-refractivity contribution in [2.45, 2.75) is 6.42 Å². The molecule has 0 aromatic heterocycles. The van der Waals surface area contributed by atoms with Crippen LogP contribution < -0.4 is 10.6 Å². The summed E-state index contributed by atoms with van der Waals surface area (Å²) in [7, 11) is 3.93. The molecule has 0 heterocycles. The van der Waals surface area contributed by atoms with Crippen molar-refractivity contribution in [2.75, 3.05) is 32.5 Å². The number of nitrogens with one attached hydrogen (secondary N) is 2. The van der Waals surface area contributed by atoms with Gasteiger partial charge in [0.2, 0.25) is 5.91 Å². The molecule has 2 aromatic carbocycles. The molecular weight excluding hydrogens is 382 g/mol. The quantitative estimate of drug-likeness (QED) is 0.746. The zero-order valence-electron chi connectivity index (χ0n) is 14.4. The third-order valence-corrected chi connectivity index (χ3v) is 4.04. The number of amides is 2. The van der Waals surface area contributed by atoms with E-state index in [1.165, 1.54) is 0 Å². The Morgan fingerprint density at radius 2 is 1.80 bits per heavy atom. The lowest BCUT2D eigenvalue weighted by Gasteiger charge is -2.10. The minimum atomic E-state index is -0.171. The molecule has 5 nitrogen and oxygen atoms in total. The summed E-state index contributed by atoms with van der Waals surface area (Å²) in [5.41, 5.74) is 2.18. The lowest BCUT2D eigenvalue weighted by molar-refractivity contribution is -0.120. The molecule has 132 valence electrons. The Bertz CT molecular complexity index is 730. The predicted molar refractivity (Wildman–Crippen MR) is 104 cm³/mol. The van der Waals surface area contributed by atoms with Crippen molar-refractivity contribution in [3.8, 4) is 0 Å². The summed E-state index contributed by atoms with van der Waals surface area (Å²) >= 11 is 3.35. The van der Waals surface area contributed by atoms with Gasteiger partial charge in [-0.15, -0.1) is 0 Å². The smallest absolute Gasteiger partial charge is 0.255 e. The zero-order valence-corrected chi connectivity index (χ0v) is 16.0. The average Bonchev–Trinajstić information content (AvgIpc) is 2.56. The van der Waals surface area contributed by atoms with E-state index in [-0.39, 0.29) is 11.8 Å². The van der Waals surface area contributed by atoms with Gasteiger partial charge in [-0.1, -0.05) is 34.1 Å². The van der Waals surface area contributed by atoms with Crippen molar-refractivity contribution in [1.29, 1.82) is 0 Å². The van der Waals surface area contributed by atoms with Crippen LogP contribution in [0.3, 0.4) is 0 Å². The van der Waals surface area contributed by atoms with Gasteiger partial charge in [-0.05, 0) is 50.0 Å². The number of carbonyl (C=O) groups excluding carboxylic acids is 2. The van der Waals surface area contributed by atoms with E-state index >= 15 is 0 Å². The first-order valence-electron chi connectivity index (χ1n) is 8.01. The topological polar surface area (TPSA) is 61.4 Å². The summed E-state index contributed by atoms with van der Waals surface area (Å²) in [4.78, 5) is 26.1. The highest BCUT2D eigenvalue weighted by Crippen LogP contribution is 2.15. The van der Waals surface area contributed by atoms with Gasteiger partial charge in [0, 0.05) is 28.8 Å². The van der Waals surface area contributed by atoms with Gasteiger partial charge in [0.05, 0.1) is 6.42 Å². The fourth-order valence-electron chi connectivity index (χ4n) is 2.21. The third kappa shape index (κ3) is 6.68. The highest BCUT2D eigenvalue weighted by molar-refractivity contribution is 9.10. The number of carbonyl (C=O) groups is 2. The molecule has 6 heteroatoms. The summed E-state index contributed by atoms with van der Waals surface area (Å²) in [6.45, 7) is 1.44. The summed E-state index contributed by atoms with van der Waals surface area (Å²) in [6.07, 6.45) is 0.327. The normalized spacial score (nSPS) is 10.6. The van der Waals surface area contributed by atoms with Gasteiger partial charge in [-0.2, -0.15) is 0 Å². The van der Waals surface area contributed by atoms with E-state index < -0.39 is 0 Å². The first kappa shape index (κ1) is 19.1. The van der Waals surface area contributed by atoms with Crippen LogP contribution in [0.15, 0.2) is 53.0 Å². The minimum Gasteiger partial charge on any atom is -0.355 e. The maximum Gasteiger partial charge on any atom is 0.255 e. The van der Waals surface area contributed by atoms with Gasteiger partial charge in [0.25, 0.3) is 5.91 Å². The fourth-order valence-corrected chi connectivity index (χ4v) is 2.60. The Labute approximate surface area is 156 Å². The molecular formula is C19H22BrN3O2. The molecule has 0 aliphatic heterocycles. The molecule has 2 N–H and O–H groups in total.